The van der Waals surface area contributed by atoms with Crippen molar-refractivity contribution in [2.75, 3.05) is 36.8 Å². The fraction of sp³-hybridized carbons (Fsp3) is 0.400. The molecule has 0 radical (unpaired) electrons. The van der Waals surface area contributed by atoms with E-state index in [1.54, 1.807) is 23.1 Å². The van der Waals surface area contributed by atoms with E-state index in [1.807, 2.05) is 0 Å². The van der Waals surface area contributed by atoms with Crippen LogP contribution in [0.3, 0.4) is 0 Å². The highest BCUT2D eigenvalue weighted by Crippen LogP contribution is 2.37. The standard InChI is InChI=1S/C20H24F3N3O4S2/c1-25(2)32(29,30)17-9-7-16(8-10-17)31(27,28)24-18-5-3-4-6-19(18)26-13-11-15(12-14-26)20(21,22)23/h3-10,15,24H,11-14H2,1-2H3. The molecule has 0 amide bonds. The van der Waals surface area contributed by atoms with Crippen LogP contribution in [-0.2, 0) is 20.0 Å². The third-order valence-corrected chi connectivity index (χ3v) is 8.57. The van der Waals surface area contributed by atoms with E-state index < -0.39 is 32.1 Å². The molecule has 0 saturated carbocycles. The van der Waals surface area contributed by atoms with Gasteiger partial charge in [0.1, 0.15) is 0 Å². The van der Waals surface area contributed by atoms with Crippen LogP contribution in [0.4, 0.5) is 24.5 Å². The first kappa shape index (κ1) is 24.3. The third kappa shape index (κ3) is 5.18. The Bertz CT molecular complexity index is 1160. The smallest absolute Gasteiger partial charge is 0.370 e. The van der Waals surface area contributed by atoms with Crippen LogP contribution in [0.15, 0.2) is 58.3 Å². The molecular weight excluding hydrogens is 467 g/mol. The van der Waals surface area contributed by atoms with E-state index >= 15 is 0 Å². The maximum Gasteiger partial charge on any atom is 0.391 e. The van der Waals surface area contributed by atoms with Crippen molar-refractivity contribution in [1.82, 2.24) is 4.31 Å². The zero-order valence-corrected chi connectivity index (χ0v) is 19.1. The van der Waals surface area contributed by atoms with Gasteiger partial charge in [-0.05, 0) is 49.2 Å². The Balaban J connectivity index is 1.81. The molecule has 1 aliphatic rings. The Morgan fingerprint density at radius 2 is 1.44 bits per heavy atom. The van der Waals surface area contributed by atoms with Crippen LogP contribution in [0.5, 0.6) is 0 Å². The predicted octanol–water partition coefficient (Wildman–Crippen LogP) is 3.52. The first-order valence-corrected chi connectivity index (χ1v) is 12.7. The first-order chi connectivity index (χ1) is 14.8. The van der Waals surface area contributed by atoms with Gasteiger partial charge in [-0.15, -0.1) is 0 Å². The largest absolute Gasteiger partial charge is 0.391 e. The average Bonchev–Trinajstić information content (AvgIpc) is 2.73. The van der Waals surface area contributed by atoms with Crippen LogP contribution in [-0.4, -0.2) is 54.5 Å². The van der Waals surface area contributed by atoms with E-state index in [1.165, 1.54) is 44.4 Å². The molecule has 1 heterocycles. The zero-order chi connectivity index (χ0) is 23.7. The quantitative estimate of drug-likeness (QED) is 0.668. The molecule has 0 aromatic heterocycles. The maximum absolute atomic E-state index is 13.0. The molecule has 1 aliphatic heterocycles. The summed E-state index contributed by atoms with van der Waals surface area (Å²) in [6, 6.07) is 11.3. The number of alkyl halides is 3. The number of rotatable bonds is 6. The Morgan fingerprint density at radius 1 is 0.906 bits per heavy atom. The Labute approximate surface area is 185 Å². The van der Waals surface area contributed by atoms with Gasteiger partial charge in [0.15, 0.2) is 0 Å². The molecule has 7 nitrogen and oxygen atoms in total. The second-order valence-corrected chi connectivity index (χ2v) is 11.5. The summed E-state index contributed by atoms with van der Waals surface area (Å²) in [6.07, 6.45) is -4.36. The molecule has 1 N–H and O–H groups in total. The lowest BCUT2D eigenvalue weighted by Gasteiger charge is -2.35. The zero-order valence-electron chi connectivity index (χ0n) is 17.5. The van der Waals surface area contributed by atoms with Crippen molar-refractivity contribution in [2.24, 2.45) is 5.92 Å². The highest BCUT2D eigenvalue weighted by molar-refractivity contribution is 7.92. The maximum atomic E-state index is 13.0. The number of para-hydroxylation sites is 2. The molecule has 1 fully saturated rings. The Hall–Kier alpha value is -2.31. The fourth-order valence-electron chi connectivity index (χ4n) is 3.49. The molecule has 0 bridgehead atoms. The SMILES string of the molecule is CN(C)S(=O)(=O)c1ccc(S(=O)(=O)Nc2ccccc2N2CCC(C(F)(F)F)CC2)cc1. The number of halogens is 3. The molecule has 0 atom stereocenters. The summed E-state index contributed by atoms with van der Waals surface area (Å²) >= 11 is 0. The molecule has 32 heavy (non-hydrogen) atoms. The monoisotopic (exact) mass is 491 g/mol. The van der Waals surface area contributed by atoms with Gasteiger partial charge in [-0.3, -0.25) is 4.72 Å². The van der Waals surface area contributed by atoms with E-state index in [2.05, 4.69) is 4.72 Å². The molecule has 176 valence electrons. The second-order valence-electron chi connectivity index (χ2n) is 7.68. The number of hydrogen-bond donors (Lipinski definition) is 1. The molecule has 12 heteroatoms. The van der Waals surface area contributed by atoms with Gasteiger partial charge >= 0.3 is 6.18 Å². The summed E-state index contributed by atoms with van der Waals surface area (Å²) in [4.78, 5) is 1.54. The van der Waals surface area contributed by atoms with Gasteiger partial charge < -0.3 is 4.90 Å². The summed E-state index contributed by atoms with van der Waals surface area (Å²) in [5.74, 6) is -1.36. The van der Waals surface area contributed by atoms with E-state index in [9.17, 15) is 30.0 Å². The number of benzene rings is 2. The molecule has 0 aliphatic carbocycles. The normalized spacial score (nSPS) is 16.4. The van der Waals surface area contributed by atoms with Gasteiger partial charge in [0.25, 0.3) is 10.0 Å². The molecule has 2 aromatic rings. The van der Waals surface area contributed by atoms with Gasteiger partial charge in [-0.1, -0.05) is 12.1 Å². The summed E-state index contributed by atoms with van der Waals surface area (Å²) in [6.45, 7) is 0.306. The first-order valence-electron chi connectivity index (χ1n) is 9.78. The van der Waals surface area contributed by atoms with Crippen LogP contribution in [0.1, 0.15) is 12.8 Å². The number of piperidine rings is 1. The summed E-state index contributed by atoms with van der Waals surface area (Å²) < 4.78 is 92.5. The molecular formula is C20H24F3N3O4S2. The van der Waals surface area contributed by atoms with Crippen molar-refractivity contribution in [3.05, 3.63) is 48.5 Å². The molecule has 3 rings (SSSR count). The number of nitrogens with one attached hydrogen (secondary N) is 1. The number of nitrogens with zero attached hydrogens (tertiary/aromatic N) is 2. The van der Waals surface area contributed by atoms with Crippen molar-refractivity contribution in [3.63, 3.8) is 0 Å². The average molecular weight is 492 g/mol. The van der Waals surface area contributed by atoms with E-state index in [4.69, 9.17) is 0 Å². The van der Waals surface area contributed by atoms with Gasteiger partial charge in [0.2, 0.25) is 10.0 Å². The van der Waals surface area contributed by atoms with Gasteiger partial charge in [0, 0.05) is 27.2 Å². The lowest BCUT2D eigenvalue weighted by molar-refractivity contribution is -0.179. The highest BCUT2D eigenvalue weighted by Gasteiger charge is 2.41. The van der Waals surface area contributed by atoms with E-state index in [-0.39, 0.29) is 41.4 Å². The van der Waals surface area contributed by atoms with Crippen LogP contribution < -0.4 is 9.62 Å². The minimum atomic E-state index is -4.24. The summed E-state index contributed by atoms with van der Waals surface area (Å²) in [5.41, 5.74) is 0.728. The topological polar surface area (TPSA) is 86.8 Å². The highest BCUT2D eigenvalue weighted by atomic mass is 32.2. The third-order valence-electron chi connectivity index (χ3n) is 5.36. The second kappa shape index (κ2) is 8.91. The van der Waals surface area contributed by atoms with Crippen molar-refractivity contribution >= 4 is 31.4 Å². The Kier molecular flexibility index (Phi) is 6.78. The number of sulfonamides is 2. The molecule has 1 saturated heterocycles. The lowest BCUT2D eigenvalue weighted by atomic mass is 9.96. The van der Waals surface area contributed by atoms with E-state index in [0.29, 0.717) is 5.69 Å². The summed E-state index contributed by atoms with van der Waals surface area (Å²) in [5, 5.41) is 0. The molecule has 0 spiro atoms. The summed E-state index contributed by atoms with van der Waals surface area (Å²) in [7, 11) is -5.02. The minimum Gasteiger partial charge on any atom is -0.370 e. The van der Waals surface area contributed by atoms with Crippen molar-refractivity contribution < 1.29 is 30.0 Å². The van der Waals surface area contributed by atoms with Crippen LogP contribution >= 0.6 is 0 Å². The number of anilines is 2. The van der Waals surface area contributed by atoms with Crippen molar-refractivity contribution in [3.8, 4) is 0 Å². The minimum absolute atomic E-state index is 0.0469. The van der Waals surface area contributed by atoms with Gasteiger partial charge in [-0.25, -0.2) is 21.1 Å². The molecule has 0 unspecified atom stereocenters. The van der Waals surface area contributed by atoms with E-state index in [0.717, 1.165) is 4.31 Å². The van der Waals surface area contributed by atoms with Crippen molar-refractivity contribution in [1.29, 1.82) is 0 Å². The lowest BCUT2D eigenvalue weighted by Crippen LogP contribution is -2.39. The van der Waals surface area contributed by atoms with Crippen LogP contribution in [0.2, 0.25) is 0 Å². The van der Waals surface area contributed by atoms with Crippen LogP contribution in [0, 0.1) is 5.92 Å². The predicted molar refractivity (Wildman–Crippen MR) is 116 cm³/mol. The van der Waals surface area contributed by atoms with Crippen LogP contribution in [0.25, 0.3) is 0 Å². The van der Waals surface area contributed by atoms with Gasteiger partial charge in [-0.2, -0.15) is 13.2 Å². The fourth-order valence-corrected chi connectivity index (χ4v) is 5.46. The van der Waals surface area contributed by atoms with Crippen molar-refractivity contribution in [2.45, 2.75) is 28.8 Å². The van der Waals surface area contributed by atoms with Gasteiger partial charge in [0.05, 0.1) is 27.1 Å². The number of hydrogen-bond acceptors (Lipinski definition) is 5. The molecule has 2 aromatic carbocycles. The Morgan fingerprint density at radius 3 is 1.97 bits per heavy atom.